The van der Waals surface area contributed by atoms with Crippen LogP contribution in [0.2, 0.25) is 0 Å². The highest BCUT2D eigenvalue weighted by Gasteiger charge is 2.27. The molecule has 0 atom stereocenters. The van der Waals surface area contributed by atoms with Gasteiger partial charge in [-0.25, -0.2) is 13.4 Å². The first-order valence-corrected chi connectivity index (χ1v) is 14.8. The van der Waals surface area contributed by atoms with E-state index in [1.807, 2.05) is 18.3 Å². The van der Waals surface area contributed by atoms with Crippen LogP contribution in [0.4, 0.5) is 5.95 Å². The summed E-state index contributed by atoms with van der Waals surface area (Å²) in [7, 11) is -3.47. The summed E-state index contributed by atoms with van der Waals surface area (Å²) < 4.78 is 30.1. The number of unbranched alkanes of at least 4 members (excludes halogenated alkanes) is 1. The molecule has 9 heteroatoms. The Labute approximate surface area is 213 Å². The standard InChI is InChI=1S/C27H37N5O3S/c1-2-3-15-28-27-29-18-24-25(19-32(26(24)30-27)21-9-11-22(33)12-10-21)20-7-13-23(14-8-20)36(34,35)31-16-5-4-6-17-31/h7-8,13-14,18-19,21-22,33H,2-6,9-12,15-17H2,1H3,(H,28,29,30)/t21-,22-. The normalized spacial score (nSPS) is 21.6. The highest BCUT2D eigenvalue weighted by Crippen LogP contribution is 2.37. The van der Waals surface area contributed by atoms with Crippen LogP contribution in [0.25, 0.3) is 22.2 Å². The maximum atomic E-state index is 13.1. The molecule has 194 valence electrons. The molecule has 1 aromatic carbocycles. The molecular formula is C27H37N5O3S. The number of sulfonamides is 1. The first kappa shape index (κ1) is 25.2. The molecule has 0 unspecified atom stereocenters. The van der Waals surface area contributed by atoms with E-state index in [-0.39, 0.29) is 12.1 Å². The zero-order valence-corrected chi connectivity index (χ0v) is 21.9. The third kappa shape index (κ3) is 5.14. The van der Waals surface area contributed by atoms with Gasteiger partial charge in [0.15, 0.2) is 0 Å². The monoisotopic (exact) mass is 511 g/mol. The molecule has 1 saturated carbocycles. The van der Waals surface area contributed by atoms with E-state index >= 15 is 0 Å². The van der Waals surface area contributed by atoms with Crippen molar-refractivity contribution in [2.24, 2.45) is 0 Å². The lowest BCUT2D eigenvalue weighted by molar-refractivity contribution is 0.111. The Morgan fingerprint density at radius 1 is 1.06 bits per heavy atom. The molecule has 5 rings (SSSR count). The van der Waals surface area contributed by atoms with Gasteiger partial charge in [-0.15, -0.1) is 0 Å². The smallest absolute Gasteiger partial charge is 0.243 e. The third-order valence-electron chi connectivity index (χ3n) is 7.56. The van der Waals surface area contributed by atoms with E-state index < -0.39 is 10.0 Å². The van der Waals surface area contributed by atoms with E-state index in [1.54, 1.807) is 16.4 Å². The highest BCUT2D eigenvalue weighted by atomic mass is 32.2. The van der Waals surface area contributed by atoms with Gasteiger partial charge in [-0.1, -0.05) is 31.9 Å². The lowest BCUT2D eigenvalue weighted by Gasteiger charge is -2.27. The predicted molar refractivity (Wildman–Crippen MR) is 142 cm³/mol. The molecule has 2 aliphatic rings. The number of piperidine rings is 1. The number of hydrogen-bond acceptors (Lipinski definition) is 6. The van der Waals surface area contributed by atoms with Gasteiger partial charge in [-0.2, -0.15) is 9.29 Å². The van der Waals surface area contributed by atoms with Crippen LogP contribution in [0.5, 0.6) is 0 Å². The molecule has 2 aromatic heterocycles. The van der Waals surface area contributed by atoms with Gasteiger partial charge in [0, 0.05) is 49.0 Å². The maximum absolute atomic E-state index is 13.1. The van der Waals surface area contributed by atoms with Crippen LogP contribution in [0.3, 0.4) is 0 Å². The Morgan fingerprint density at radius 2 is 1.78 bits per heavy atom. The zero-order chi connectivity index (χ0) is 25.1. The van der Waals surface area contributed by atoms with Gasteiger partial charge in [-0.3, -0.25) is 0 Å². The molecule has 8 nitrogen and oxygen atoms in total. The average Bonchev–Trinajstić information content (AvgIpc) is 3.29. The van der Waals surface area contributed by atoms with Crippen molar-refractivity contribution in [3.8, 4) is 11.1 Å². The molecule has 0 amide bonds. The molecule has 0 radical (unpaired) electrons. The number of benzene rings is 1. The van der Waals surface area contributed by atoms with Crippen LogP contribution in [-0.2, 0) is 10.0 Å². The van der Waals surface area contributed by atoms with Gasteiger partial charge < -0.3 is 15.0 Å². The van der Waals surface area contributed by atoms with Gasteiger partial charge >= 0.3 is 0 Å². The molecule has 0 bridgehead atoms. The summed E-state index contributed by atoms with van der Waals surface area (Å²) in [5.74, 6) is 0.626. The molecule has 3 heterocycles. The van der Waals surface area contributed by atoms with E-state index in [2.05, 4.69) is 28.0 Å². The summed E-state index contributed by atoms with van der Waals surface area (Å²) >= 11 is 0. The van der Waals surface area contributed by atoms with Crippen molar-refractivity contribution in [2.75, 3.05) is 25.0 Å². The Bertz CT molecular complexity index is 1270. The molecule has 0 spiro atoms. The summed E-state index contributed by atoms with van der Waals surface area (Å²) in [6.07, 6.45) is 12.2. The van der Waals surface area contributed by atoms with Crippen LogP contribution in [0.1, 0.15) is 70.8 Å². The van der Waals surface area contributed by atoms with Crippen LogP contribution in [0.15, 0.2) is 41.6 Å². The molecule has 1 saturated heterocycles. The minimum Gasteiger partial charge on any atom is -0.393 e. The summed E-state index contributed by atoms with van der Waals surface area (Å²) in [5, 5.41) is 14.3. The first-order chi connectivity index (χ1) is 17.5. The van der Waals surface area contributed by atoms with Gasteiger partial charge in [-0.05, 0) is 62.6 Å². The lowest BCUT2D eigenvalue weighted by atomic mass is 9.93. The summed E-state index contributed by atoms with van der Waals surface area (Å²) in [6.45, 7) is 4.18. The Balaban J connectivity index is 1.49. The fraction of sp³-hybridized carbons (Fsp3) is 0.556. The summed E-state index contributed by atoms with van der Waals surface area (Å²) in [4.78, 5) is 9.80. The number of hydrogen-bond donors (Lipinski definition) is 2. The van der Waals surface area contributed by atoms with E-state index in [9.17, 15) is 13.5 Å². The van der Waals surface area contributed by atoms with Crippen LogP contribution < -0.4 is 5.32 Å². The van der Waals surface area contributed by atoms with Crippen LogP contribution in [0, 0.1) is 0 Å². The number of aliphatic hydroxyl groups is 1. The Hall–Kier alpha value is -2.49. The molecule has 1 aliphatic heterocycles. The SMILES string of the molecule is CCCCNc1ncc2c(-c3ccc(S(=O)(=O)N4CCCCC4)cc3)cn([C@H]3CC[C@H](O)CC3)c2n1. The Morgan fingerprint density at radius 3 is 2.47 bits per heavy atom. The van der Waals surface area contributed by atoms with Gasteiger partial charge in [0.2, 0.25) is 16.0 Å². The number of anilines is 1. The number of nitrogens with one attached hydrogen (secondary N) is 1. The van der Waals surface area contributed by atoms with Gasteiger partial charge in [0.25, 0.3) is 0 Å². The fourth-order valence-electron chi connectivity index (χ4n) is 5.40. The first-order valence-electron chi connectivity index (χ1n) is 13.4. The van der Waals surface area contributed by atoms with Crippen molar-refractivity contribution in [1.29, 1.82) is 0 Å². The summed E-state index contributed by atoms with van der Waals surface area (Å²) in [6, 6.07) is 7.51. The highest BCUT2D eigenvalue weighted by molar-refractivity contribution is 7.89. The second-order valence-corrected chi connectivity index (χ2v) is 12.1. The number of rotatable bonds is 8. The minimum atomic E-state index is -3.47. The number of aromatic nitrogens is 3. The Kier molecular flexibility index (Phi) is 7.60. The van der Waals surface area contributed by atoms with E-state index in [1.165, 1.54) is 0 Å². The molecule has 2 N–H and O–H groups in total. The van der Waals surface area contributed by atoms with Crippen LogP contribution >= 0.6 is 0 Å². The quantitative estimate of drug-likeness (QED) is 0.415. The third-order valence-corrected chi connectivity index (χ3v) is 9.48. The molecule has 3 aromatic rings. The second kappa shape index (κ2) is 10.9. The largest absolute Gasteiger partial charge is 0.393 e. The minimum absolute atomic E-state index is 0.224. The molecule has 36 heavy (non-hydrogen) atoms. The second-order valence-electron chi connectivity index (χ2n) is 10.1. The van der Waals surface area contributed by atoms with E-state index in [0.29, 0.717) is 23.9 Å². The molecular weight excluding hydrogens is 474 g/mol. The van der Waals surface area contributed by atoms with Crippen molar-refractivity contribution >= 4 is 27.0 Å². The summed E-state index contributed by atoms with van der Waals surface area (Å²) in [5.41, 5.74) is 2.83. The molecule has 2 fully saturated rings. The zero-order valence-electron chi connectivity index (χ0n) is 21.1. The van der Waals surface area contributed by atoms with E-state index in [0.717, 1.165) is 86.5 Å². The van der Waals surface area contributed by atoms with Crippen LogP contribution in [-0.4, -0.2) is 58.1 Å². The number of fused-ring (bicyclic) bond motifs is 1. The van der Waals surface area contributed by atoms with E-state index in [4.69, 9.17) is 4.98 Å². The van der Waals surface area contributed by atoms with Gasteiger partial charge in [0.1, 0.15) is 5.65 Å². The number of nitrogens with zero attached hydrogens (tertiary/aromatic N) is 4. The lowest BCUT2D eigenvalue weighted by Crippen LogP contribution is -2.35. The maximum Gasteiger partial charge on any atom is 0.243 e. The average molecular weight is 512 g/mol. The fourth-order valence-corrected chi connectivity index (χ4v) is 6.91. The number of aliphatic hydroxyl groups excluding tert-OH is 1. The van der Waals surface area contributed by atoms with Gasteiger partial charge in [0.05, 0.1) is 11.0 Å². The van der Waals surface area contributed by atoms with Crippen molar-refractivity contribution in [2.45, 2.75) is 81.8 Å². The predicted octanol–water partition coefficient (Wildman–Crippen LogP) is 4.96. The van der Waals surface area contributed by atoms with Crippen molar-refractivity contribution in [3.05, 3.63) is 36.7 Å². The molecule has 1 aliphatic carbocycles. The van der Waals surface area contributed by atoms with Crippen molar-refractivity contribution < 1.29 is 13.5 Å². The topological polar surface area (TPSA) is 100 Å². The van der Waals surface area contributed by atoms with Crippen molar-refractivity contribution in [1.82, 2.24) is 18.8 Å². The van der Waals surface area contributed by atoms with Crippen molar-refractivity contribution in [3.63, 3.8) is 0 Å².